The van der Waals surface area contributed by atoms with Crippen molar-refractivity contribution in [3.63, 3.8) is 0 Å². The minimum atomic E-state index is -0.303. The van der Waals surface area contributed by atoms with Crippen molar-refractivity contribution in [2.75, 3.05) is 7.05 Å². The number of thiazole rings is 1. The molecule has 0 amide bonds. The van der Waals surface area contributed by atoms with E-state index >= 15 is 0 Å². The van der Waals surface area contributed by atoms with Gasteiger partial charge in [-0.1, -0.05) is 12.1 Å². The average molecular weight is 386 g/mol. The molecule has 8 heteroatoms. The fourth-order valence-corrected chi connectivity index (χ4v) is 3.83. The van der Waals surface area contributed by atoms with Crippen molar-refractivity contribution in [1.82, 2.24) is 19.7 Å². The van der Waals surface area contributed by atoms with E-state index in [1.165, 1.54) is 16.8 Å². The van der Waals surface area contributed by atoms with Crippen molar-refractivity contribution < 1.29 is 8.81 Å². The second-order valence-corrected chi connectivity index (χ2v) is 7.37. The number of benzene rings is 2. The quantitative estimate of drug-likeness (QED) is 0.465. The molecule has 0 N–H and O–H groups in total. The summed E-state index contributed by atoms with van der Waals surface area (Å²) in [4.78, 5) is 6.98. The molecule has 0 aliphatic heterocycles. The van der Waals surface area contributed by atoms with Gasteiger partial charge in [-0.25, -0.2) is 14.1 Å². The maximum Gasteiger partial charge on any atom is 0.288 e. The monoisotopic (exact) mass is 386 g/mol. The topological polar surface area (TPSA) is 47.1 Å². The van der Waals surface area contributed by atoms with Crippen molar-refractivity contribution in [3.05, 3.63) is 64.2 Å². The lowest BCUT2D eigenvalue weighted by Gasteiger charge is -2.13. The Kier molecular flexibility index (Phi) is 4.62. The molecule has 2 aromatic carbocycles. The first-order valence-electron chi connectivity index (χ1n) is 7.95. The number of hydrogen-bond acceptors (Lipinski definition) is 6. The van der Waals surface area contributed by atoms with Crippen LogP contribution in [0.25, 0.3) is 21.7 Å². The van der Waals surface area contributed by atoms with Crippen LogP contribution >= 0.6 is 23.6 Å². The Labute approximate surface area is 158 Å². The molecule has 0 saturated carbocycles. The van der Waals surface area contributed by atoms with E-state index in [2.05, 4.69) is 21.0 Å². The fourth-order valence-electron chi connectivity index (χ4n) is 2.60. The lowest BCUT2D eigenvalue weighted by molar-refractivity contribution is 0.240. The SMILES string of the molecule is CN(Cc1nc2ccccc2s1)Cn1nc(-c2ccc(F)cc2)oc1=S. The zero-order valence-corrected chi connectivity index (χ0v) is 15.6. The first-order chi connectivity index (χ1) is 12.6. The van der Waals surface area contributed by atoms with Crippen LogP contribution < -0.4 is 0 Å². The van der Waals surface area contributed by atoms with Gasteiger partial charge >= 0.3 is 0 Å². The van der Waals surface area contributed by atoms with Crippen molar-refractivity contribution in [1.29, 1.82) is 0 Å². The molecule has 132 valence electrons. The Morgan fingerprint density at radius 1 is 1.19 bits per heavy atom. The van der Waals surface area contributed by atoms with Crippen LogP contribution in [0, 0.1) is 10.7 Å². The number of hydrogen-bond donors (Lipinski definition) is 0. The van der Waals surface area contributed by atoms with Gasteiger partial charge in [-0.2, -0.15) is 0 Å². The zero-order chi connectivity index (χ0) is 18.1. The highest BCUT2D eigenvalue weighted by molar-refractivity contribution is 7.71. The Morgan fingerprint density at radius 2 is 1.96 bits per heavy atom. The summed E-state index contributed by atoms with van der Waals surface area (Å²) < 4.78 is 21.4. The van der Waals surface area contributed by atoms with Gasteiger partial charge in [-0.3, -0.25) is 4.90 Å². The highest BCUT2D eigenvalue weighted by Gasteiger charge is 2.12. The molecule has 0 aliphatic rings. The summed E-state index contributed by atoms with van der Waals surface area (Å²) in [5, 5.41) is 5.43. The Bertz CT molecular complexity index is 1070. The van der Waals surface area contributed by atoms with Crippen LogP contribution in [0.15, 0.2) is 52.9 Å². The third-order valence-electron chi connectivity index (χ3n) is 3.82. The second kappa shape index (κ2) is 7.06. The Morgan fingerprint density at radius 3 is 2.73 bits per heavy atom. The van der Waals surface area contributed by atoms with E-state index in [0.717, 1.165) is 10.5 Å². The predicted octanol–water partition coefficient (Wildman–Crippen LogP) is 4.71. The molecule has 4 rings (SSSR count). The highest BCUT2D eigenvalue weighted by atomic mass is 32.1. The van der Waals surface area contributed by atoms with E-state index in [4.69, 9.17) is 16.6 Å². The molecular formula is C18H15FN4OS2. The van der Waals surface area contributed by atoms with Gasteiger partial charge in [0.05, 0.1) is 23.4 Å². The lowest BCUT2D eigenvalue weighted by Crippen LogP contribution is -2.22. The Balaban J connectivity index is 1.49. The first kappa shape index (κ1) is 17.0. The summed E-state index contributed by atoms with van der Waals surface area (Å²) >= 11 is 6.93. The number of halogens is 1. The van der Waals surface area contributed by atoms with Gasteiger partial charge in [0, 0.05) is 5.56 Å². The largest absolute Gasteiger partial charge is 0.409 e. The van der Waals surface area contributed by atoms with Gasteiger partial charge in [0.25, 0.3) is 4.84 Å². The molecule has 2 heterocycles. The second-order valence-electron chi connectivity index (χ2n) is 5.91. The molecule has 0 unspecified atom stereocenters. The summed E-state index contributed by atoms with van der Waals surface area (Å²) in [7, 11) is 1.97. The molecular weight excluding hydrogens is 371 g/mol. The van der Waals surface area contributed by atoms with E-state index in [0.29, 0.717) is 24.7 Å². The van der Waals surface area contributed by atoms with Gasteiger partial charge in [-0.15, -0.1) is 16.4 Å². The standard InChI is InChI=1S/C18H15FN4OS2/c1-22(10-16-20-14-4-2-3-5-15(14)26-16)11-23-18(25)24-17(21-23)12-6-8-13(19)9-7-12/h2-9H,10-11H2,1H3. The zero-order valence-electron chi connectivity index (χ0n) is 13.9. The van der Waals surface area contributed by atoms with E-state index in [-0.39, 0.29) is 10.7 Å². The first-order valence-corrected chi connectivity index (χ1v) is 9.18. The molecule has 4 aromatic rings. The summed E-state index contributed by atoms with van der Waals surface area (Å²) in [5.41, 5.74) is 1.70. The van der Waals surface area contributed by atoms with E-state index in [1.807, 2.05) is 25.2 Å². The minimum Gasteiger partial charge on any atom is -0.409 e. The maximum absolute atomic E-state index is 13.1. The number of rotatable bonds is 5. The van der Waals surface area contributed by atoms with Crippen LogP contribution in [0.3, 0.4) is 0 Å². The van der Waals surface area contributed by atoms with Crippen LogP contribution in [-0.4, -0.2) is 26.7 Å². The van der Waals surface area contributed by atoms with Crippen molar-refractivity contribution in [3.8, 4) is 11.5 Å². The van der Waals surface area contributed by atoms with E-state index in [9.17, 15) is 4.39 Å². The molecule has 0 saturated heterocycles. The predicted molar refractivity (Wildman–Crippen MR) is 102 cm³/mol. The van der Waals surface area contributed by atoms with Gasteiger partial charge in [0.2, 0.25) is 5.89 Å². The number of fused-ring (bicyclic) bond motifs is 1. The van der Waals surface area contributed by atoms with Crippen LogP contribution in [-0.2, 0) is 13.2 Å². The third kappa shape index (κ3) is 3.57. The van der Waals surface area contributed by atoms with Crippen LogP contribution in [0.1, 0.15) is 5.01 Å². The number of nitrogens with zero attached hydrogens (tertiary/aromatic N) is 4. The van der Waals surface area contributed by atoms with Crippen LogP contribution in [0.2, 0.25) is 0 Å². The van der Waals surface area contributed by atoms with Gasteiger partial charge in [-0.05, 0) is 55.7 Å². The minimum absolute atomic E-state index is 0.278. The molecule has 0 bridgehead atoms. The Hall–Kier alpha value is -2.42. The lowest BCUT2D eigenvalue weighted by atomic mass is 10.2. The maximum atomic E-state index is 13.1. The molecule has 0 fully saturated rings. The molecule has 2 aromatic heterocycles. The summed E-state index contributed by atoms with van der Waals surface area (Å²) in [5.74, 6) is 0.0748. The number of aromatic nitrogens is 3. The van der Waals surface area contributed by atoms with Crippen molar-refractivity contribution >= 4 is 33.8 Å². The van der Waals surface area contributed by atoms with Crippen LogP contribution in [0.4, 0.5) is 4.39 Å². The smallest absolute Gasteiger partial charge is 0.288 e. The normalized spacial score (nSPS) is 11.5. The molecule has 0 aliphatic carbocycles. The molecule has 0 atom stereocenters. The van der Waals surface area contributed by atoms with Gasteiger partial charge < -0.3 is 4.42 Å². The van der Waals surface area contributed by atoms with Crippen molar-refractivity contribution in [2.45, 2.75) is 13.2 Å². The molecule has 5 nitrogen and oxygen atoms in total. The van der Waals surface area contributed by atoms with E-state index in [1.54, 1.807) is 28.2 Å². The summed E-state index contributed by atoms with van der Waals surface area (Å²) in [6.45, 7) is 1.15. The molecule has 0 radical (unpaired) electrons. The summed E-state index contributed by atoms with van der Waals surface area (Å²) in [6, 6.07) is 14.0. The van der Waals surface area contributed by atoms with Gasteiger partial charge in [0.1, 0.15) is 10.8 Å². The van der Waals surface area contributed by atoms with Crippen molar-refractivity contribution in [2.24, 2.45) is 0 Å². The molecule has 0 spiro atoms. The van der Waals surface area contributed by atoms with Crippen LogP contribution in [0.5, 0.6) is 0 Å². The van der Waals surface area contributed by atoms with Gasteiger partial charge in [0.15, 0.2) is 0 Å². The average Bonchev–Trinajstić information content (AvgIpc) is 3.18. The fraction of sp³-hybridized carbons (Fsp3) is 0.167. The summed E-state index contributed by atoms with van der Waals surface area (Å²) in [6.07, 6.45) is 0. The molecule has 26 heavy (non-hydrogen) atoms. The number of para-hydroxylation sites is 1. The third-order valence-corrected chi connectivity index (χ3v) is 5.13. The highest BCUT2D eigenvalue weighted by Crippen LogP contribution is 2.23. The van der Waals surface area contributed by atoms with E-state index < -0.39 is 0 Å².